The maximum absolute atomic E-state index is 10.7. The van der Waals surface area contributed by atoms with Gasteiger partial charge in [0.25, 0.3) is 0 Å². The number of methoxy groups -OCH3 is 1. The molecule has 0 saturated heterocycles. The Labute approximate surface area is 102 Å². The van der Waals surface area contributed by atoms with Crippen molar-refractivity contribution in [3.8, 4) is 17.2 Å². The summed E-state index contributed by atoms with van der Waals surface area (Å²) in [5, 5.41) is 36.5. The molecule has 4 N–H and O–H groups in total. The Morgan fingerprint density at radius 1 is 1.17 bits per heavy atom. The van der Waals surface area contributed by atoms with Crippen molar-refractivity contribution in [1.29, 1.82) is 0 Å². The number of aliphatic carboxylic acids is 2. The maximum atomic E-state index is 10.7. The molecule has 0 aliphatic carbocycles. The summed E-state index contributed by atoms with van der Waals surface area (Å²) in [5.41, 5.74) is 0.0168. The molecule has 1 aromatic carbocycles. The van der Waals surface area contributed by atoms with Gasteiger partial charge in [0, 0.05) is 6.42 Å². The number of phenols is 2. The van der Waals surface area contributed by atoms with Crippen molar-refractivity contribution >= 4 is 11.9 Å². The van der Waals surface area contributed by atoms with E-state index in [0.29, 0.717) is 0 Å². The monoisotopic (exact) mass is 256 g/mol. The molecule has 0 atom stereocenters. The van der Waals surface area contributed by atoms with E-state index in [-0.39, 0.29) is 11.3 Å². The summed E-state index contributed by atoms with van der Waals surface area (Å²) in [5.74, 6) is -5.84. The predicted molar refractivity (Wildman–Crippen MR) is 58.8 cm³/mol. The number of benzene rings is 1. The summed E-state index contributed by atoms with van der Waals surface area (Å²) in [4.78, 5) is 21.4. The first-order valence-corrected chi connectivity index (χ1v) is 4.91. The molecular formula is C11H12O7. The van der Waals surface area contributed by atoms with Crippen LogP contribution in [0.4, 0.5) is 0 Å². The Morgan fingerprint density at radius 3 is 2.17 bits per heavy atom. The van der Waals surface area contributed by atoms with Crippen molar-refractivity contribution < 1.29 is 34.8 Å². The molecule has 1 rings (SSSR count). The van der Waals surface area contributed by atoms with Crippen LogP contribution in [0.3, 0.4) is 0 Å². The molecule has 0 radical (unpaired) electrons. The molecule has 0 heterocycles. The summed E-state index contributed by atoms with van der Waals surface area (Å²) in [6, 6.07) is 2.61. The van der Waals surface area contributed by atoms with Gasteiger partial charge in [-0.05, 0) is 11.6 Å². The first-order chi connectivity index (χ1) is 8.38. The van der Waals surface area contributed by atoms with Crippen LogP contribution in [0.5, 0.6) is 17.2 Å². The number of carboxylic acid groups (broad SMARTS) is 2. The summed E-state index contributed by atoms with van der Waals surface area (Å²) >= 11 is 0. The lowest BCUT2D eigenvalue weighted by atomic mass is 9.98. The highest BCUT2D eigenvalue weighted by Gasteiger charge is 2.28. The predicted octanol–water partition coefficient (Wildman–Crippen LogP) is 0.434. The van der Waals surface area contributed by atoms with Gasteiger partial charge < -0.3 is 25.2 Å². The molecule has 0 fully saturated rings. The molecule has 18 heavy (non-hydrogen) atoms. The number of rotatable bonds is 5. The standard InChI is InChI=1S/C11H12O7/c1-18-7-3-2-5(8(12)9(7)13)4-6(10(14)15)11(16)17/h2-3,6,12-13H,4H2,1H3,(H,14,15)(H,16,17). The van der Waals surface area contributed by atoms with Gasteiger partial charge in [-0.2, -0.15) is 0 Å². The van der Waals surface area contributed by atoms with E-state index in [1.165, 1.54) is 19.2 Å². The fraction of sp³-hybridized carbons (Fsp3) is 0.273. The summed E-state index contributed by atoms with van der Waals surface area (Å²) in [6.07, 6.45) is -0.436. The average Bonchev–Trinajstić information content (AvgIpc) is 2.30. The second kappa shape index (κ2) is 5.26. The Morgan fingerprint density at radius 2 is 1.72 bits per heavy atom. The Bertz CT molecular complexity index is 467. The lowest BCUT2D eigenvalue weighted by Crippen LogP contribution is -2.25. The quantitative estimate of drug-likeness (QED) is 0.445. The van der Waals surface area contributed by atoms with E-state index in [1.807, 2.05) is 0 Å². The fourth-order valence-corrected chi connectivity index (χ4v) is 1.43. The highest BCUT2D eigenvalue weighted by Crippen LogP contribution is 2.38. The van der Waals surface area contributed by atoms with E-state index in [0.717, 1.165) is 0 Å². The molecular weight excluding hydrogens is 244 g/mol. The van der Waals surface area contributed by atoms with E-state index in [2.05, 4.69) is 0 Å². The first kappa shape index (κ1) is 13.6. The van der Waals surface area contributed by atoms with Crippen LogP contribution in [-0.4, -0.2) is 39.5 Å². The number of carboxylic acids is 2. The molecule has 98 valence electrons. The number of hydrogen-bond donors (Lipinski definition) is 4. The van der Waals surface area contributed by atoms with Gasteiger partial charge in [0.15, 0.2) is 17.4 Å². The van der Waals surface area contributed by atoms with Crippen molar-refractivity contribution in [2.75, 3.05) is 7.11 Å². The van der Waals surface area contributed by atoms with Crippen LogP contribution in [0.25, 0.3) is 0 Å². The number of phenolic OH excluding ortho intramolecular Hbond substituents is 2. The maximum Gasteiger partial charge on any atom is 0.318 e. The van der Waals surface area contributed by atoms with Crippen LogP contribution in [0.15, 0.2) is 12.1 Å². The minimum absolute atomic E-state index is 0.0125. The molecule has 0 unspecified atom stereocenters. The van der Waals surface area contributed by atoms with Gasteiger partial charge in [0.2, 0.25) is 5.75 Å². The van der Waals surface area contributed by atoms with Crippen LogP contribution in [0, 0.1) is 5.92 Å². The number of ether oxygens (including phenoxy) is 1. The normalized spacial score (nSPS) is 10.3. The van der Waals surface area contributed by atoms with E-state index < -0.39 is 35.8 Å². The SMILES string of the molecule is COc1ccc(CC(C(=O)O)C(=O)O)c(O)c1O. The number of hydrogen-bond acceptors (Lipinski definition) is 5. The van der Waals surface area contributed by atoms with Gasteiger partial charge in [-0.15, -0.1) is 0 Å². The molecule has 0 aliphatic heterocycles. The second-order valence-corrected chi connectivity index (χ2v) is 3.56. The Hall–Kier alpha value is -2.44. The van der Waals surface area contributed by atoms with E-state index in [9.17, 15) is 19.8 Å². The topological polar surface area (TPSA) is 124 Å². The minimum Gasteiger partial charge on any atom is -0.504 e. The molecule has 0 aliphatic rings. The molecule has 0 spiro atoms. The van der Waals surface area contributed by atoms with Gasteiger partial charge in [-0.25, -0.2) is 0 Å². The van der Waals surface area contributed by atoms with Crippen LogP contribution >= 0.6 is 0 Å². The van der Waals surface area contributed by atoms with Crippen molar-refractivity contribution in [1.82, 2.24) is 0 Å². The van der Waals surface area contributed by atoms with Gasteiger partial charge in [0.1, 0.15) is 0 Å². The molecule has 1 aromatic rings. The lowest BCUT2D eigenvalue weighted by molar-refractivity contribution is -0.154. The van der Waals surface area contributed by atoms with Crippen molar-refractivity contribution in [3.05, 3.63) is 17.7 Å². The molecule has 0 saturated carbocycles. The van der Waals surface area contributed by atoms with Crippen LogP contribution in [-0.2, 0) is 16.0 Å². The third kappa shape index (κ3) is 2.62. The third-order valence-corrected chi connectivity index (χ3v) is 2.44. The summed E-state index contributed by atoms with van der Waals surface area (Å²) in [6.45, 7) is 0. The van der Waals surface area contributed by atoms with Gasteiger partial charge in [0.05, 0.1) is 7.11 Å². The fourth-order valence-electron chi connectivity index (χ4n) is 1.43. The summed E-state index contributed by atoms with van der Waals surface area (Å²) in [7, 11) is 1.28. The van der Waals surface area contributed by atoms with Crippen molar-refractivity contribution in [3.63, 3.8) is 0 Å². The smallest absolute Gasteiger partial charge is 0.318 e. The van der Waals surface area contributed by atoms with Crippen LogP contribution in [0.2, 0.25) is 0 Å². The van der Waals surface area contributed by atoms with E-state index in [1.54, 1.807) is 0 Å². The second-order valence-electron chi connectivity index (χ2n) is 3.56. The lowest BCUT2D eigenvalue weighted by Gasteiger charge is -2.11. The number of aromatic hydroxyl groups is 2. The first-order valence-electron chi connectivity index (χ1n) is 4.91. The summed E-state index contributed by atoms with van der Waals surface area (Å²) < 4.78 is 4.74. The average molecular weight is 256 g/mol. The van der Waals surface area contributed by atoms with Crippen molar-refractivity contribution in [2.45, 2.75) is 6.42 Å². The molecule has 0 aromatic heterocycles. The van der Waals surface area contributed by atoms with Crippen molar-refractivity contribution in [2.24, 2.45) is 5.92 Å². The zero-order chi connectivity index (χ0) is 13.9. The van der Waals surface area contributed by atoms with Crippen LogP contribution in [0.1, 0.15) is 5.56 Å². The van der Waals surface area contributed by atoms with Gasteiger partial charge in [-0.1, -0.05) is 6.07 Å². The third-order valence-electron chi connectivity index (χ3n) is 2.44. The highest BCUT2D eigenvalue weighted by molar-refractivity contribution is 5.93. The van der Waals surface area contributed by atoms with Gasteiger partial charge >= 0.3 is 11.9 Å². The zero-order valence-electron chi connectivity index (χ0n) is 9.45. The molecule has 0 amide bonds. The molecule has 0 bridgehead atoms. The minimum atomic E-state index is -1.69. The van der Waals surface area contributed by atoms with E-state index in [4.69, 9.17) is 14.9 Å². The largest absolute Gasteiger partial charge is 0.504 e. The number of carbonyl (C=O) groups is 2. The van der Waals surface area contributed by atoms with E-state index >= 15 is 0 Å². The van der Waals surface area contributed by atoms with Crippen LogP contribution < -0.4 is 4.74 Å². The molecule has 7 nitrogen and oxygen atoms in total. The molecule has 7 heteroatoms. The highest BCUT2D eigenvalue weighted by atomic mass is 16.5. The van der Waals surface area contributed by atoms with Gasteiger partial charge in [-0.3, -0.25) is 9.59 Å². The Kier molecular flexibility index (Phi) is 3.98. The Balaban J connectivity index is 3.08. The zero-order valence-corrected chi connectivity index (χ0v) is 9.45.